The quantitative estimate of drug-likeness (QED) is 0.569. The van der Waals surface area contributed by atoms with E-state index in [1.54, 1.807) is 23.1 Å². The largest absolute Gasteiger partial charge is 0.459 e. The van der Waals surface area contributed by atoms with Crippen LogP contribution in [0.5, 0.6) is 0 Å². The third-order valence-corrected chi connectivity index (χ3v) is 6.58. The van der Waals surface area contributed by atoms with Crippen LogP contribution < -0.4 is 5.32 Å². The predicted molar refractivity (Wildman–Crippen MR) is 118 cm³/mol. The Kier molecular flexibility index (Phi) is 6.57. The Morgan fingerprint density at radius 1 is 1.09 bits per heavy atom. The maximum absolute atomic E-state index is 13.0. The van der Waals surface area contributed by atoms with Gasteiger partial charge in [-0.05, 0) is 48.4 Å². The van der Waals surface area contributed by atoms with E-state index >= 15 is 0 Å². The highest BCUT2D eigenvalue weighted by Crippen LogP contribution is 2.30. The molecule has 0 spiro atoms. The summed E-state index contributed by atoms with van der Waals surface area (Å²) in [6, 6.07) is 10.1. The summed E-state index contributed by atoms with van der Waals surface area (Å²) in [5, 5.41) is 3.32. The predicted octanol–water partition coefficient (Wildman–Crippen LogP) is 4.88. The number of anilines is 1. The molecule has 33 heavy (non-hydrogen) atoms. The van der Waals surface area contributed by atoms with Gasteiger partial charge in [-0.1, -0.05) is 12.1 Å². The number of piperazine rings is 1. The Morgan fingerprint density at radius 2 is 1.79 bits per heavy atom. The van der Waals surface area contributed by atoms with Crippen LogP contribution in [0.3, 0.4) is 0 Å². The Balaban J connectivity index is 1.32. The number of carbonyl (C=O) groups excluding carboxylic acids is 2. The molecule has 4 rings (SSSR count). The average Bonchev–Trinajstić information content (AvgIpc) is 3.44. The molecule has 1 aliphatic heterocycles. The van der Waals surface area contributed by atoms with Crippen LogP contribution in [-0.4, -0.2) is 47.8 Å². The number of thiophene rings is 1. The number of carbonyl (C=O) groups is 2. The minimum atomic E-state index is -4.34. The summed E-state index contributed by atoms with van der Waals surface area (Å²) < 4.78 is 43.2. The lowest BCUT2D eigenvalue weighted by molar-refractivity contribution is -0.137. The van der Waals surface area contributed by atoms with E-state index in [1.165, 1.54) is 29.7 Å². The van der Waals surface area contributed by atoms with Gasteiger partial charge in [-0.25, -0.2) is 0 Å². The van der Waals surface area contributed by atoms with Crippen LogP contribution in [0.25, 0.3) is 0 Å². The van der Waals surface area contributed by atoms with Gasteiger partial charge in [0.05, 0.1) is 21.7 Å². The summed E-state index contributed by atoms with van der Waals surface area (Å²) in [6.45, 7) is 4.64. The fourth-order valence-electron chi connectivity index (χ4n) is 3.65. The van der Waals surface area contributed by atoms with Crippen LogP contribution in [0.15, 0.2) is 53.1 Å². The van der Waals surface area contributed by atoms with Crippen LogP contribution in [-0.2, 0) is 12.7 Å². The van der Waals surface area contributed by atoms with Crippen molar-refractivity contribution in [3.63, 3.8) is 0 Å². The molecule has 6 nitrogen and oxygen atoms in total. The first-order valence-electron chi connectivity index (χ1n) is 10.3. The molecule has 3 aromatic rings. The molecule has 0 radical (unpaired) electrons. The van der Waals surface area contributed by atoms with E-state index in [0.29, 0.717) is 42.6 Å². The summed E-state index contributed by atoms with van der Waals surface area (Å²) in [4.78, 5) is 29.6. The Morgan fingerprint density at radius 3 is 2.39 bits per heavy atom. The van der Waals surface area contributed by atoms with Gasteiger partial charge in [0.15, 0.2) is 5.76 Å². The SMILES string of the molecule is Cc1cc(NC(=O)c2ccco2)sc1C(=O)N1CCN(Cc2ccc(C(F)(F)F)cc2)CC1. The Labute approximate surface area is 192 Å². The van der Waals surface area contributed by atoms with Crippen molar-refractivity contribution in [2.24, 2.45) is 0 Å². The van der Waals surface area contributed by atoms with Gasteiger partial charge in [-0.2, -0.15) is 13.2 Å². The van der Waals surface area contributed by atoms with Gasteiger partial charge in [0.2, 0.25) is 0 Å². The molecule has 0 atom stereocenters. The number of amides is 2. The molecule has 1 N–H and O–H groups in total. The lowest BCUT2D eigenvalue weighted by atomic mass is 10.1. The van der Waals surface area contributed by atoms with Crippen molar-refractivity contribution >= 4 is 28.2 Å². The van der Waals surface area contributed by atoms with E-state index in [2.05, 4.69) is 10.2 Å². The number of halogens is 3. The monoisotopic (exact) mass is 477 g/mol. The molecule has 0 aliphatic carbocycles. The second-order valence-corrected chi connectivity index (χ2v) is 8.87. The summed E-state index contributed by atoms with van der Waals surface area (Å²) in [6.07, 6.45) is -2.92. The van der Waals surface area contributed by atoms with E-state index in [-0.39, 0.29) is 17.6 Å². The maximum atomic E-state index is 13.0. The molecule has 0 saturated carbocycles. The molecule has 174 valence electrons. The zero-order valence-corrected chi connectivity index (χ0v) is 18.6. The van der Waals surface area contributed by atoms with Crippen molar-refractivity contribution in [1.82, 2.24) is 9.80 Å². The third-order valence-electron chi connectivity index (χ3n) is 5.44. The van der Waals surface area contributed by atoms with E-state index in [0.717, 1.165) is 23.3 Å². The molecule has 0 bridgehead atoms. The summed E-state index contributed by atoms with van der Waals surface area (Å²) >= 11 is 1.22. The van der Waals surface area contributed by atoms with Gasteiger partial charge in [-0.15, -0.1) is 11.3 Å². The van der Waals surface area contributed by atoms with E-state index < -0.39 is 11.7 Å². The number of benzene rings is 1. The first kappa shape index (κ1) is 23.1. The Bertz CT molecular complexity index is 1120. The number of hydrogen-bond acceptors (Lipinski definition) is 5. The van der Waals surface area contributed by atoms with Crippen molar-refractivity contribution in [2.45, 2.75) is 19.6 Å². The molecule has 2 aromatic heterocycles. The number of hydrogen-bond donors (Lipinski definition) is 1. The number of alkyl halides is 3. The third kappa shape index (κ3) is 5.45. The van der Waals surface area contributed by atoms with Crippen LogP contribution >= 0.6 is 11.3 Å². The molecule has 1 aliphatic rings. The van der Waals surface area contributed by atoms with Gasteiger partial charge in [0.25, 0.3) is 11.8 Å². The molecule has 2 amide bonds. The van der Waals surface area contributed by atoms with Crippen molar-refractivity contribution in [2.75, 3.05) is 31.5 Å². The number of rotatable bonds is 5. The van der Waals surface area contributed by atoms with E-state index in [4.69, 9.17) is 4.42 Å². The fraction of sp³-hybridized carbons (Fsp3) is 0.304. The first-order valence-corrected chi connectivity index (χ1v) is 11.2. The normalized spacial score (nSPS) is 15.0. The molecule has 3 heterocycles. The second kappa shape index (κ2) is 9.40. The van der Waals surface area contributed by atoms with Crippen molar-refractivity contribution in [3.05, 3.63) is 76.1 Å². The number of furan rings is 1. The van der Waals surface area contributed by atoms with Gasteiger partial charge in [0.1, 0.15) is 0 Å². The lowest BCUT2D eigenvalue weighted by Gasteiger charge is -2.34. The molecular weight excluding hydrogens is 455 g/mol. The average molecular weight is 478 g/mol. The molecule has 0 unspecified atom stereocenters. The van der Waals surface area contributed by atoms with Crippen LogP contribution in [0.1, 0.15) is 36.9 Å². The Hall–Kier alpha value is -3.11. The van der Waals surface area contributed by atoms with Gasteiger partial charge >= 0.3 is 6.18 Å². The molecule has 1 fully saturated rings. The van der Waals surface area contributed by atoms with E-state index in [9.17, 15) is 22.8 Å². The summed E-state index contributed by atoms with van der Waals surface area (Å²) in [5.74, 6) is -0.277. The van der Waals surface area contributed by atoms with Gasteiger partial charge in [0, 0.05) is 32.7 Å². The van der Waals surface area contributed by atoms with Crippen molar-refractivity contribution < 1.29 is 27.2 Å². The van der Waals surface area contributed by atoms with Gasteiger partial charge in [-0.3, -0.25) is 14.5 Å². The maximum Gasteiger partial charge on any atom is 0.416 e. The zero-order chi connectivity index (χ0) is 23.6. The zero-order valence-electron chi connectivity index (χ0n) is 17.8. The first-order chi connectivity index (χ1) is 15.7. The molecule has 10 heteroatoms. The topological polar surface area (TPSA) is 65.8 Å². The minimum Gasteiger partial charge on any atom is -0.459 e. The fourth-order valence-corrected chi connectivity index (χ4v) is 4.68. The van der Waals surface area contributed by atoms with Crippen LogP contribution in [0.2, 0.25) is 0 Å². The summed E-state index contributed by atoms with van der Waals surface area (Å²) in [5.41, 5.74) is 0.924. The highest BCUT2D eigenvalue weighted by molar-refractivity contribution is 7.18. The molecule has 1 saturated heterocycles. The smallest absolute Gasteiger partial charge is 0.416 e. The van der Waals surface area contributed by atoms with E-state index in [1.807, 2.05) is 6.92 Å². The van der Waals surface area contributed by atoms with Crippen LogP contribution in [0, 0.1) is 6.92 Å². The number of nitrogens with zero attached hydrogens (tertiary/aromatic N) is 2. The van der Waals surface area contributed by atoms with Crippen LogP contribution in [0.4, 0.5) is 18.2 Å². The highest BCUT2D eigenvalue weighted by Gasteiger charge is 2.30. The standard InChI is InChI=1S/C23H22F3N3O3S/c1-15-13-19(27-21(30)18-3-2-12-32-18)33-20(15)22(31)29-10-8-28(9-11-29)14-16-4-6-17(7-5-16)23(24,25)26/h2-7,12-13H,8-11,14H2,1H3,(H,27,30). The van der Waals surface area contributed by atoms with Crippen molar-refractivity contribution in [3.8, 4) is 0 Å². The molecular formula is C23H22F3N3O3S. The lowest BCUT2D eigenvalue weighted by Crippen LogP contribution is -2.48. The van der Waals surface area contributed by atoms with Crippen molar-refractivity contribution in [1.29, 1.82) is 0 Å². The minimum absolute atomic E-state index is 0.0924. The molecule has 1 aromatic carbocycles. The number of aryl methyl sites for hydroxylation is 1. The number of nitrogens with one attached hydrogen (secondary N) is 1. The van der Waals surface area contributed by atoms with Gasteiger partial charge < -0.3 is 14.6 Å². The second-order valence-electron chi connectivity index (χ2n) is 7.82. The summed E-state index contributed by atoms with van der Waals surface area (Å²) in [7, 11) is 0. The highest BCUT2D eigenvalue weighted by atomic mass is 32.1.